The van der Waals surface area contributed by atoms with E-state index in [4.69, 9.17) is 4.74 Å². The first-order valence-corrected chi connectivity index (χ1v) is 7.85. The number of halogens is 1. The van der Waals surface area contributed by atoms with Crippen molar-refractivity contribution in [1.82, 2.24) is 0 Å². The highest BCUT2D eigenvalue weighted by molar-refractivity contribution is 9.10. The molecule has 1 unspecified atom stereocenters. The monoisotopic (exact) mass is 356 g/mol. The van der Waals surface area contributed by atoms with Crippen molar-refractivity contribution in [2.45, 2.75) is 47.0 Å². The summed E-state index contributed by atoms with van der Waals surface area (Å²) in [5.74, 6) is 0.124. The van der Waals surface area contributed by atoms with E-state index in [-0.39, 0.29) is 11.3 Å². The number of rotatable bonds is 5. The summed E-state index contributed by atoms with van der Waals surface area (Å²) in [6.45, 7) is 9.98. The highest BCUT2D eigenvalue weighted by Crippen LogP contribution is 2.46. The first-order valence-electron chi connectivity index (χ1n) is 7.06. The fraction of sp³-hybridized carbons (Fsp3) is 0.588. The number of ether oxygens (including phenoxy) is 1. The van der Waals surface area contributed by atoms with Crippen molar-refractivity contribution in [3.05, 3.63) is 28.2 Å². The number of carboxylic acid groups (broad SMARTS) is 1. The molecule has 21 heavy (non-hydrogen) atoms. The van der Waals surface area contributed by atoms with Gasteiger partial charge >= 0.3 is 5.97 Å². The SMILES string of the molecule is COc1ccc(Br)c(C(CC(C)(C)C(=O)O)C(C)(C)C)c1. The third-order valence-electron chi connectivity index (χ3n) is 3.92. The predicted octanol–water partition coefficient (Wildman–Crippen LogP) is 5.09. The Balaban J connectivity index is 3.30. The highest BCUT2D eigenvalue weighted by atomic mass is 79.9. The maximum atomic E-state index is 11.5. The van der Waals surface area contributed by atoms with Crippen LogP contribution >= 0.6 is 15.9 Å². The molecule has 0 bridgehead atoms. The number of methoxy groups -OCH3 is 1. The summed E-state index contributed by atoms with van der Waals surface area (Å²) >= 11 is 3.59. The van der Waals surface area contributed by atoms with Crippen LogP contribution in [0.5, 0.6) is 5.75 Å². The Kier molecular flexibility index (Phi) is 5.48. The number of carboxylic acids is 1. The van der Waals surface area contributed by atoms with E-state index in [2.05, 4.69) is 36.7 Å². The Hall–Kier alpha value is -1.03. The summed E-state index contributed by atoms with van der Waals surface area (Å²) in [5.41, 5.74) is 0.262. The predicted molar refractivity (Wildman–Crippen MR) is 88.9 cm³/mol. The Morgan fingerprint density at radius 2 is 1.86 bits per heavy atom. The van der Waals surface area contributed by atoms with Crippen LogP contribution in [0, 0.1) is 10.8 Å². The minimum atomic E-state index is -0.777. The van der Waals surface area contributed by atoms with Gasteiger partial charge in [-0.3, -0.25) is 4.79 Å². The van der Waals surface area contributed by atoms with E-state index in [1.165, 1.54) is 0 Å². The molecule has 4 heteroatoms. The first-order chi connectivity index (χ1) is 9.49. The maximum absolute atomic E-state index is 11.5. The fourth-order valence-electron chi connectivity index (χ4n) is 2.40. The second-order valence-electron chi connectivity index (χ2n) is 7.20. The number of carbonyl (C=O) groups is 1. The van der Waals surface area contributed by atoms with Crippen LogP contribution in [0.2, 0.25) is 0 Å². The molecule has 1 rings (SSSR count). The molecule has 0 amide bonds. The van der Waals surface area contributed by atoms with Crippen LogP contribution in [-0.2, 0) is 4.79 Å². The molecular formula is C17H25BrO3. The Bertz CT molecular complexity index is 515. The molecule has 1 atom stereocenters. The quantitative estimate of drug-likeness (QED) is 0.799. The molecule has 0 radical (unpaired) electrons. The summed E-state index contributed by atoms with van der Waals surface area (Å²) in [5, 5.41) is 9.44. The van der Waals surface area contributed by atoms with Crippen molar-refractivity contribution in [3.63, 3.8) is 0 Å². The second-order valence-corrected chi connectivity index (χ2v) is 8.05. The van der Waals surface area contributed by atoms with E-state index in [0.29, 0.717) is 6.42 Å². The lowest BCUT2D eigenvalue weighted by atomic mass is 9.68. The van der Waals surface area contributed by atoms with Gasteiger partial charge in [-0.05, 0) is 55.4 Å². The van der Waals surface area contributed by atoms with Crippen molar-refractivity contribution in [3.8, 4) is 5.75 Å². The van der Waals surface area contributed by atoms with Gasteiger partial charge in [-0.15, -0.1) is 0 Å². The molecule has 0 aliphatic carbocycles. The molecule has 0 aliphatic rings. The molecule has 0 saturated heterocycles. The lowest BCUT2D eigenvalue weighted by molar-refractivity contribution is -0.147. The zero-order valence-corrected chi connectivity index (χ0v) is 15.2. The summed E-state index contributed by atoms with van der Waals surface area (Å²) < 4.78 is 6.30. The minimum absolute atomic E-state index is 0.0540. The normalized spacial score (nSPS) is 13.9. The highest BCUT2D eigenvalue weighted by Gasteiger charge is 2.37. The Morgan fingerprint density at radius 3 is 2.29 bits per heavy atom. The van der Waals surface area contributed by atoms with Gasteiger partial charge in [0.2, 0.25) is 0 Å². The molecule has 0 aliphatic heterocycles. The van der Waals surface area contributed by atoms with Crippen LogP contribution in [0.3, 0.4) is 0 Å². The van der Waals surface area contributed by atoms with E-state index in [0.717, 1.165) is 15.8 Å². The van der Waals surface area contributed by atoms with E-state index in [9.17, 15) is 9.90 Å². The zero-order valence-electron chi connectivity index (χ0n) is 13.7. The fourth-order valence-corrected chi connectivity index (χ4v) is 2.92. The van der Waals surface area contributed by atoms with Crippen LogP contribution in [0.15, 0.2) is 22.7 Å². The molecule has 1 aromatic carbocycles. The van der Waals surface area contributed by atoms with E-state index in [1.807, 2.05) is 18.2 Å². The largest absolute Gasteiger partial charge is 0.497 e. The molecule has 0 spiro atoms. The van der Waals surface area contributed by atoms with Crippen molar-refractivity contribution in [1.29, 1.82) is 0 Å². The van der Waals surface area contributed by atoms with Gasteiger partial charge in [0.15, 0.2) is 0 Å². The summed E-state index contributed by atoms with van der Waals surface area (Å²) in [4.78, 5) is 11.5. The lowest BCUT2D eigenvalue weighted by Gasteiger charge is -2.36. The van der Waals surface area contributed by atoms with Crippen LogP contribution in [-0.4, -0.2) is 18.2 Å². The van der Waals surface area contributed by atoms with Gasteiger partial charge < -0.3 is 9.84 Å². The summed E-state index contributed by atoms with van der Waals surface area (Å²) in [7, 11) is 1.64. The van der Waals surface area contributed by atoms with Gasteiger partial charge in [-0.25, -0.2) is 0 Å². The van der Waals surface area contributed by atoms with Gasteiger partial charge in [0.25, 0.3) is 0 Å². The topological polar surface area (TPSA) is 46.5 Å². The van der Waals surface area contributed by atoms with Crippen LogP contribution in [0.1, 0.15) is 52.5 Å². The van der Waals surface area contributed by atoms with Crippen LogP contribution in [0.25, 0.3) is 0 Å². The van der Waals surface area contributed by atoms with Gasteiger partial charge in [0.1, 0.15) is 5.75 Å². The van der Waals surface area contributed by atoms with Gasteiger partial charge in [0, 0.05) is 4.47 Å². The van der Waals surface area contributed by atoms with Crippen molar-refractivity contribution >= 4 is 21.9 Å². The Labute approximate surface area is 135 Å². The van der Waals surface area contributed by atoms with Crippen molar-refractivity contribution in [2.24, 2.45) is 10.8 Å². The van der Waals surface area contributed by atoms with Gasteiger partial charge in [-0.2, -0.15) is 0 Å². The third-order valence-corrected chi connectivity index (χ3v) is 4.64. The summed E-state index contributed by atoms with van der Waals surface area (Å²) in [6.07, 6.45) is 0.567. The maximum Gasteiger partial charge on any atom is 0.309 e. The van der Waals surface area contributed by atoms with Crippen molar-refractivity contribution < 1.29 is 14.6 Å². The van der Waals surface area contributed by atoms with E-state index < -0.39 is 11.4 Å². The van der Waals surface area contributed by atoms with Crippen molar-refractivity contribution in [2.75, 3.05) is 7.11 Å². The zero-order chi connectivity index (χ0) is 16.4. The van der Waals surface area contributed by atoms with Crippen LogP contribution in [0.4, 0.5) is 0 Å². The van der Waals surface area contributed by atoms with Crippen LogP contribution < -0.4 is 4.74 Å². The third kappa shape index (κ3) is 4.47. The van der Waals surface area contributed by atoms with Gasteiger partial charge in [-0.1, -0.05) is 36.7 Å². The smallest absolute Gasteiger partial charge is 0.309 e. The molecule has 0 heterocycles. The first kappa shape index (κ1) is 18.0. The number of benzene rings is 1. The average Bonchev–Trinajstić information content (AvgIpc) is 2.35. The lowest BCUT2D eigenvalue weighted by Crippen LogP contribution is -2.31. The second kappa shape index (κ2) is 6.39. The number of aliphatic carboxylic acids is 1. The standard InChI is InChI=1S/C17H25BrO3/c1-16(2,3)13(10-17(4,5)15(19)20)12-9-11(21-6)7-8-14(12)18/h7-9,13H,10H2,1-6H3,(H,19,20). The average molecular weight is 357 g/mol. The molecule has 0 aromatic heterocycles. The Morgan fingerprint density at radius 1 is 1.29 bits per heavy atom. The number of hydrogen-bond donors (Lipinski definition) is 1. The molecule has 118 valence electrons. The summed E-state index contributed by atoms with van der Waals surface area (Å²) in [6, 6.07) is 5.86. The molecule has 3 nitrogen and oxygen atoms in total. The van der Waals surface area contributed by atoms with Gasteiger partial charge in [0.05, 0.1) is 12.5 Å². The minimum Gasteiger partial charge on any atom is -0.497 e. The number of hydrogen-bond acceptors (Lipinski definition) is 2. The van der Waals surface area contributed by atoms with E-state index in [1.54, 1.807) is 21.0 Å². The molecule has 0 fully saturated rings. The van der Waals surface area contributed by atoms with E-state index >= 15 is 0 Å². The molecular weight excluding hydrogens is 332 g/mol. The molecule has 1 N–H and O–H groups in total. The molecule has 1 aromatic rings. The molecule has 0 saturated carbocycles.